The summed E-state index contributed by atoms with van der Waals surface area (Å²) < 4.78 is 14.3. The van der Waals surface area contributed by atoms with E-state index >= 15 is 0 Å². The van der Waals surface area contributed by atoms with Gasteiger partial charge < -0.3 is 34.3 Å². The number of pyridine rings is 2. The third kappa shape index (κ3) is 6.41. The van der Waals surface area contributed by atoms with Crippen LogP contribution in [0.5, 0.6) is 17.2 Å². The van der Waals surface area contributed by atoms with Crippen molar-refractivity contribution in [2.75, 3.05) is 13.1 Å². The molecule has 63 heavy (non-hydrogen) atoms. The van der Waals surface area contributed by atoms with E-state index in [1.165, 1.54) is 10.6 Å². The lowest BCUT2D eigenvalue weighted by atomic mass is 9.86. The van der Waals surface area contributed by atoms with E-state index in [0.717, 1.165) is 47.0 Å². The fourth-order valence-corrected chi connectivity index (χ4v) is 9.94. The van der Waals surface area contributed by atoms with Crippen LogP contribution in [-0.4, -0.2) is 80.6 Å². The van der Waals surface area contributed by atoms with Gasteiger partial charge in [-0.25, -0.2) is 29.0 Å². The van der Waals surface area contributed by atoms with Gasteiger partial charge in [-0.1, -0.05) is 33.8 Å². The van der Waals surface area contributed by atoms with Gasteiger partial charge in [-0.3, -0.25) is 9.69 Å². The number of likely N-dealkylation sites (tertiary alicyclic amines) is 1. The van der Waals surface area contributed by atoms with Crippen LogP contribution in [0.4, 0.5) is 4.79 Å². The van der Waals surface area contributed by atoms with Gasteiger partial charge in [-0.2, -0.15) is 5.10 Å². The van der Waals surface area contributed by atoms with Gasteiger partial charge in [0.25, 0.3) is 5.56 Å². The van der Waals surface area contributed by atoms with Gasteiger partial charge in [0, 0.05) is 54.8 Å². The molecule has 0 radical (unpaired) electrons. The fourth-order valence-electron chi connectivity index (χ4n) is 9.94. The lowest BCUT2D eigenvalue weighted by molar-refractivity contribution is -0.172. The Kier molecular flexibility index (Phi) is 9.56. The van der Waals surface area contributed by atoms with Crippen molar-refractivity contribution < 1.29 is 34.4 Å². The summed E-state index contributed by atoms with van der Waals surface area (Å²) in [7, 11) is 0. The Bertz CT molecular complexity index is 3030. The highest BCUT2D eigenvalue weighted by molar-refractivity contribution is 5.90. The number of piperidine rings is 1. The summed E-state index contributed by atoms with van der Waals surface area (Å²) in [6.45, 7) is 10.1. The van der Waals surface area contributed by atoms with Crippen LogP contribution in [0.2, 0.25) is 0 Å². The number of carbonyl (C=O) groups is 2. The molecule has 1 fully saturated rings. The maximum absolute atomic E-state index is 13.7. The number of aryl methyl sites for hydroxylation is 1. The first kappa shape index (κ1) is 40.3. The van der Waals surface area contributed by atoms with Crippen molar-refractivity contribution in [3.63, 3.8) is 0 Å². The molecule has 0 saturated carbocycles. The molecule has 3 aromatic carbocycles. The fraction of sp³-hybridized carbons (Fsp3) is 0.362. The number of ether oxygens (including phenoxy) is 2. The Morgan fingerprint density at radius 2 is 1.73 bits per heavy atom. The SMILES string of the molecule is CCc1c2c(nc3ccc(OC(=O)N4CCC(N5Cc6ccc(-n7c(-c8cc(C(C)C)c(O)cc8O)n[nH]c7=O)cc6C5)CC4)cc13)-c1cc3c(c(=O)n1C2)COC(=O)C3(O)CC. The summed E-state index contributed by atoms with van der Waals surface area (Å²) in [6.07, 6.45) is 1.77. The van der Waals surface area contributed by atoms with Gasteiger partial charge in [-0.05, 0) is 96.3 Å². The van der Waals surface area contributed by atoms with E-state index in [-0.39, 0.29) is 65.5 Å². The third-order valence-electron chi connectivity index (χ3n) is 13.5. The van der Waals surface area contributed by atoms with E-state index in [1.54, 1.807) is 34.6 Å². The Morgan fingerprint density at radius 1 is 0.952 bits per heavy atom. The Hall–Kier alpha value is -6.78. The number of hydrogen-bond acceptors (Lipinski definition) is 12. The second kappa shape index (κ2) is 14.9. The van der Waals surface area contributed by atoms with Gasteiger partial charge in [0.15, 0.2) is 11.4 Å². The number of cyclic esters (lactones) is 1. The number of fused-ring (bicyclic) bond motifs is 6. The molecule has 1 amide bonds. The van der Waals surface area contributed by atoms with E-state index in [4.69, 9.17) is 14.5 Å². The van der Waals surface area contributed by atoms with Crippen LogP contribution in [0.25, 0.3) is 39.4 Å². The minimum absolute atomic E-state index is 0.0209. The van der Waals surface area contributed by atoms with E-state index < -0.39 is 23.4 Å². The number of nitrogens with one attached hydrogen (secondary N) is 1. The van der Waals surface area contributed by atoms with Crippen LogP contribution in [-0.2, 0) is 47.8 Å². The molecule has 1 unspecified atom stereocenters. The largest absolute Gasteiger partial charge is 0.508 e. The predicted octanol–water partition coefficient (Wildman–Crippen LogP) is 5.70. The standard InChI is InChI=1S/C47H47N7O9/c1-5-30-32-16-29(9-10-37(32)48-41-34(30)22-53-38(41)18-36-35(43(53)57)23-62-44(58)47(36,61)6-2)63-46(60)51-13-11-27(12-14-51)52-20-25-7-8-28(15-26(25)21-52)54-42(49-50-45(54)59)33-17-31(24(3)4)39(55)19-40(33)56/h7-10,15-19,24,27,55-56,61H,5-6,11-14,20-23H2,1-4H3,(H,50,59). The van der Waals surface area contributed by atoms with Crippen LogP contribution in [0.1, 0.15) is 91.8 Å². The third-order valence-corrected chi connectivity index (χ3v) is 13.5. The first-order valence-corrected chi connectivity index (χ1v) is 21.5. The van der Waals surface area contributed by atoms with Crippen LogP contribution < -0.4 is 16.0 Å². The number of phenolic OH excluding ortho intramolecular Hbond substituents is 2. The van der Waals surface area contributed by atoms with Crippen molar-refractivity contribution in [3.8, 4) is 45.7 Å². The maximum Gasteiger partial charge on any atom is 0.415 e. The summed E-state index contributed by atoms with van der Waals surface area (Å²) >= 11 is 0. The van der Waals surface area contributed by atoms with Crippen LogP contribution >= 0.6 is 0 Å². The maximum atomic E-state index is 13.7. The summed E-state index contributed by atoms with van der Waals surface area (Å²) in [4.78, 5) is 62.1. The minimum Gasteiger partial charge on any atom is -0.508 e. The van der Waals surface area contributed by atoms with Crippen molar-refractivity contribution in [3.05, 3.63) is 114 Å². The number of H-pyrrole nitrogens is 1. The number of aromatic nitrogens is 5. The number of rotatable bonds is 7. The Balaban J connectivity index is 0.821. The van der Waals surface area contributed by atoms with E-state index in [2.05, 4.69) is 15.1 Å². The molecule has 4 N–H and O–H groups in total. The minimum atomic E-state index is -1.91. The molecule has 6 aromatic rings. The molecule has 4 aliphatic heterocycles. The van der Waals surface area contributed by atoms with Crippen molar-refractivity contribution >= 4 is 23.0 Å². The molecular formula is C47H47N7O9. The number of aliphatic hydroxyl groups is 1. The second-order valence-corrected chi connectivity index (χ2v) is 17.3. The van der Waals surface area contributed by atoms with Crippen molar-refractivity contribution in [1.29, 1.82) is 0 Å². The molecule has 10 rings (SSSR count). The molecule has 16 heteroatoms. The number of nitrogens with zero attached hydrogens (tertiary/aromatic N) is 6. The zero-order chi connectivity index (χ0) is 44.1. The summed E-state index contributed by atoms with van der Waals surface area (Å²) in [6, 6.07) is 16.1. The summed E-state index contributed by atoms with van der Waals surface area (Å²) in [5.41, 5.74) is 5.36. The number of phenols is 2. The first-order chi connectivity index (χ1) is 30.3. The molecule has 1 atom stereocenters. The normalized spacial score (nSPS) is 18.4. The lowest BCUT2D eigenvalue weighted by Gasteiger charge is -2.36. The van der Waals surface area contributed by atoms with Crippen molar-refractivity contribution in [2.45, 2.75) is 97.2 Å². The Labute approximate surface area is 361 Å². The molecule has 1 saturated heterocycles. The van der Waals surface area contributed by atoms with Crippen molar-refractivity contribution in [1.82, 2.24) is 34.1 Å². The molecule has 0 bridgehead atoms. The first-order valence-electron chi connectivity index (χ1n) is 21.5. The lowest BCUT2D eigenvalue weighted by Crippen LogP contribution is -2.46. The summed E-state index contributed by atoms with van der Waals surface area (Å²) in [5, 5.41) is 40.0. The molecule has 16 nitrogen and oxygen atoms in total. The number of carbonyl (C=O) groups excluding carboxylic acids is 2. The molecule has 0 aliphatic carbocycles. The highest BCUT2D eigenvalue weighted by Gasteiger charge is 2.45. The molecule has 0 spiro atoms. The van der Waals surface area contributed by atoms with Crippen molar-refractivity contribution in [2.24, 2.45) is 0 Å². The van der Waals surface area contributed by atoms with Gasteiger partial charge in [0.05, 0.1) is 40.3 Å². The number of aromatic hydroxyl groups is 2. The average Bonchev–Trinajstić information content (AvgIpc) is 3.99. The van der Waals surface area contributed by atoms with Gasteiger partial charge in [-0.15, -0.1) is 0 Å². The van der Waals surface area contributed by atoms with Gasteiger partial charge >= 0.3 is 17.8 Å². The number of aromatic amines is 1. The second-order valence-electron chi connectivity index (χ2n) is 17.3. The monoisotopic (exact) mass is 853 g/mol. The smallest absolute Gasteiger partial charge is 0.415 e. The molecule has 3 aromatic heterocycles. The van der Waals surface area contributed by atoms with E-state index in [0.29, 0.717) is 65.5 Å². The summed E-state index contributed by atoms with van der Waals surface area (Å²) in [5.74, 6) is -0.352. The molecule has 7 heterocycles. The zero-order valence-electron chi connectivity index (χ0n) is 35.4. The Morgan fingerprint density at radius 3 is 2.48 bits per heavy atom. The van der Waals surface area contributed by atoms with Crippen LogP contribution in [0.15, 0.2) is 64.2 Å². The van der Waals surface area contributed by atoms with E-state index in [1.807, 2.05) is 51.1 Å². The number of benzene rings is 3. The topological polar surface area (TPSA) is 205 Å². The number of hydrogen-bond donors (Lipinski definition) is 4. The number of amides is 1. The number of esters is 1. The quantitative estimate of drug-likeness (QED) is 0.143. The van der Waals surface area contributed by atoms with E-state index in [9.17, 15) is 34.5 Å². The average molecular weight is 854 g/mol. The molecule has 324 valence electrons. The van der Waals surface area contributed by atoms with Gasteiger partial charge in [0.2, 0.25) is 0 Å². The van der Waals surface area contributed by atoms with Gasteiger partial charge in [0.1, 0.15) is 23.9 Å². The predicted molar refractivity (Wildman–Crippen MR) is 231 cm³/mol. The molecule has 4 aliphatic rings. The molecular weight excluding hydrogens is 807 g/mol. The van der Waals surface area contributed by atoms with Crippen LogP contribution in [0.3, 0.4) is 0 Å². The highest BCUT2D eigenvalue weighted by Crippen LogP contribution is 2.42. The zero-order valence-corrected chi connectivity index (χ0v) is 35.4. The highest BCUT2D eigenvalue weighted by atomic mass is 16.6. The van der Waals surface area contributed by atoms with Crippen LogP contribution in [0, 0.1) is 0 Å².